The van der Waals surface area contributed by atoms with Gasteiger partial charge < -0.3 is 9.80 Å². The Kier molecular flexibility index (Phi) is 6.24. The molecule has 0 amide bonds. The number of hydrogen-bond acceptors (Lipinski definition) is 2. The molecule has 0 fully saturated rings. The summed E-state index contributed by atoms with van der Waals surface area (Å²) in [5, 5.41) is 5.39. The van der Waals surface area contributed by atoms with Crippen molar-refractivity contribution in [3.05, 3.63) is 96.1 Å². The SMILES string of the molecule is CN(CCCN(C)Cc1cccc2ccccc12)Cc1cccc2ccccc12. The van der Waals surface area contributed by atoms with Gasteiger partial charge in [-0.3, -0.25) is 0 Å². The van der Waals surface area contributed by atoms with E-state index in [4.69, 9.17) is 0 Å². The van der Waals surface area contributed by atoms with Gasteiger partial charge in [-0.1, -0.05) is 84.9 Å². The van der Waals surface area contributed by atoms with Crippen molar-refractivity contribution < 1.29 is 0 Å². The molecule has 0 saturated heterocycles. The van der Waals surface area contributed by atoms with Crippen molar-refractivity contribution in [1.82, 2.24) is 9.80 Å². The van der Waals surface area contributed by atoms with Crippen LogP contribution in [0.1, 0.15) is 17.5 Å². The molecule has 0 heterocycles. The molecule has 0 radical (unpaired) electrons. The molecule has 0 aliphatic rings. The molecule has 0 N–H and O–H groups in total. The molecule has 148 valence electrons. The highest BCUT2D eigenvalue weighted by atomic mass is 15.1. The van der Waals surface area contributed by atoms with E-state index in [2.05, 4.69) is 109 Å². The second kappa shape index (κ2) is 9.21. The molecule has 29 heavy (non-hydrogen) atoms. The molecule has 2 nitrogen and oxygen atoms in total. The summed E-state index contributed by atoms with van der Waals surface area (Å²) in [6.45, 7) is 4.19. The second-order valence-electron chi connectivity index (χ2n) is 8.11. The van der Waals surface area contributed by atoms with Crippen LogP contribution in [0, 0.1) is 0 Å². The first-order chi connectivity index (χ1) is 14.2. The lowest BCUT2D eigenvalue weighted by Crippen LogP contribution is -2.25. The van der Waals surface area contributed by atoms with Gasteiger partial charge in [0.05, 0.1) is 0 Å². The van der Waals surface area contributed by atoms with Crippen LogP contribution in [-0.2, 0) is 13.1 Å². The lowest BCUT2D eigenvalue weighted by molar-refractivity contribution is 0.271. The molecule has 4 aromatic rings. The first kappa shape index (κ1) is 19.6. The third-order valence-corrected chi connectivity index (χ3v) is 5.72. The zero-order valence-corrected chi connectivity index (χ0v) is 17.5. The summed E-state index contributed by atoms with van der Waals surface area (Å²) in [5.74, 6) is 0. The highest BCUT2D eigenvalue weighted by Gasteiger charge is 2.07. The Bertz CT molecular complexity index is 988. The summed E-state index contributed by atoms with van der Waals surface area (Å²) in [6, 6.07) is 30.6. The van der Waals surface area contributed by atoms with Gasteiger partial charge in [-0.15, -0.1) is 0 Å². The summed E-state index contributed by atoms with van der Waals surface area (Å²) < 4.78 is 0. The first-order valence-corrected chi connectivity index (χ1v) is 10.5. The Morgan fingerprint density at radius 1 is 0.517 bits per heavy atom. The Hall–Kier alpha value is -2.68. The molecule has 0 atom stereocenters. The van der Waals surface area contributed by atoms with E-state index in [9.17, 15) is 0 Å². The molecule has 4 rings (SSSR count). The maximum Gasteiger partial charge on any atom is 0.0236 e. The fourth-order valence-electron chi connectivity index (χ4n) is 4.21. The Labute approximate surface area is 174 Å². The topological polar surface area (TPSA) is 6.48 Å². The van der Waals surface area contributed by atoms with E-state index in [0.29, 0.717) is 0 Å². The summed E-state index contributed by atoms with van der Waals surface area (Å²) in [6.07, 6.45) is 1.17. The number of nitrogens with zero attached hydrogens (tertiary/aromatic N) is 2. The van der Waals surface area contributed by atoms with Crippen molar-refractivity contribution in [2.75, 3.05) is 27.2 Å². The van der Waals surface area contributed by atoms with Crippen LogP contribution in [-0.4, -0.2) is 37.0 Å². The van der Waals surface area contributed by atoms with Crippen LogP contribution in [0.5, 0.6) is 0 Å². The van der Waals surface area contributed by atoms with Gasteiger partial charge in [-0.2, -0.15) is 0 Å². The molecule has 0 spiro atoms. The normalized spacial score (nSPS) is 11.7. The van der Waals surface area contributed by atoms with E-state index >= 15 is 0 Å². The molecule has 2 heteroatoms. The predicted octanol–water partition coefficient (Wildman–Crippen LogP) is 5.95. The van der Waals surface area contributed by atoms with Crippen LogP contribution >= 0.6 is 0 Å². The summed E-state index contributed by atoms with van der Waals surface area (Å²) >= 11 is 0. The van der Waals surface area contributed by atoms with Gasteiger partial charge in [0.25, 0.3) is 0 Å². The number of benzene rings is 4. The van der Waals surface area contributed by atoms with Gasteiger partial charge in [0.15, 0.2) is 0 Å². The smallest absolute Gasteiger partial charge is 0.0236 e. The van der Waals surface area contributed by atoms with Gasteiger partial charge in [-0.25, -0.2) is 0 Å². The number of hydrogen-bond donors (Lipinski definition) is 0. The first-order valence-electron chi connectivity index (χ1n) is 10.5. The second-order valence-corrected chi connectivity index (χ2v) is 8.11. The molecule has 0 aromatic heterocycles. The third kappa shape index (κ3) is 4.84. The van der Waals surface area contributed by atoms with Crippen LogP contribution in [0.4, 0.5) is 0 Å². The predicted molar refractivity (Wildman–Crippen MR) is 125 cm³/mol. The highest BCUT2D eigenvalue weighted by Crippen LogP contribution is 2.21. The minimum atomic E-state index is 0.994. The summed E-state index contributed by atoms with van der Waals surface area (Å²) in [4.78, 5) is 4.88. The Morgan fingerprint density at radius 3 is 1.41 bits per heavy atom. The van der Waals surface area contributed by atoms with Crippen molar-refractivity contribution in [3.8, 4) is 0 Å². The monoisotopic (exact) mass is 382 g/mol. The van der Waals surface area contributed by atoms with Crippen LogP contribution in [0.25, 0.3) is 21.5 Å². The van der Waals surface area contributed by atoms with Gasteiger partial charge in [-0.05, 0) is 66.3 Å². The zero-order valence-electron chi connectivity index (χ0n) is 17.5. The molecular formula is C27H30N2. The third-order valence-electron chi connectivity index (χ3n) is 5.72. The van der Waals surface area contributed by atoms with Gasteiger partial charge >= 0.3 is 0 Å². The minimum Gasteiger partial charge on any atom is -0.302 e. The van der Waals surface area contributed by atoms with Crippen LogP contribution in [0.2, 0.25) is 0 Å². The minimum absolute atomic E-state index is 0.994. The van der Waals surface area contributed by atoms with Gasteiger partial charge in [0.1, 0.15) is 0 Å². The molecule has 0 saturated carbocycles. The van der Waals surface area contributed by atoms with Crippen molar-refractivity contribution in [1.29, 1.82) is 0 Å². The average molecular weight is 383 g/mol. The maximum absolute atomic E-state index is 2.44. The standard InChI is InChI=1S/C27H30N2/c1-28(20-24-14-7-12-22-10-3-5-16-26(22)24)18-9-19-29(2)21-25-15-8-13-23-11-4-6-17-27(23)25/h3-8,10-17H,9,18-21H2,1-2H3. The Morgan fingerprint density at radius 2 is 0.931 bits per heavy atom. The molecule has 0 aliphatic heterocycles. The van der Waals surface area contributed by atoms with Gasteiger partial charge in [0, 0.05) is 13.1 Å². The van der Waals surface area contributed by atoms with E-state index < -0.39 is 0 Å². The Balaban J connectivity index is 1.30. The van der Waals surface area contributed by atoms with Crippen LogP contribution < -0.4 is 0 Å². The zero-order chi connectivity index (χ0) is 20.1. The van der Waals surface area contributed by atoms with E-state index in [1.165, 1.54) is 39.1 Å². The van der Waals surface area contributed by atoms with Crippen LogP contribution in [0.3, 0.4) is 0 Å². The lowest BCUT2D eigenvalue weighted by Gasteiger charge is -2.21. The number of fused-ring (bicyclic) bond motifs is 2. The fraction of sp³-hybridized carbons (Fsp3) is 0.259. The van der Waals surface area contributed by atoms with E-state index in [-0.39, 0.29) is 0 Å². The van der Waals surface area contributed by atoms with E-state index in [1.54, 1.807) is 0 Å². The number of rotatable bonds is 8. The van der Waals surface area contributed by atoms with Crippen molar-refractivity contribution in [2.24, 2.45) is 0 Å². The molecular weight excluding hydrogens is 352 g/mol. The quantitative estimate of drug-likeness (QED) is 0.372. The summed E-state index contributed by atoms with van der Waals surface area (Å²) in [5.41, 5.74) is 2.82. The summed E-state index contributed by atoms with van der Waals surface area (Å²) in [7, 11) is 4.46. The fourth-order valence-corrected chi connectivity index (χ4v) is 4.21. The average Bonchev–Trinajstić information content (AvgIpc) is 2.74. The van der Waals surface area contributed by atoms with Crippen molar-refractivity contribution in [3.63, 3.8) is 0 Å². The molecule has 4 aromatic carbocycles. The van der Waals surface area contributed by atoms with Gasteiger partial charge in [0.2, 0.25) is 0 Å². The molecule has 0 aliphatic carbocycles. The van der Waals surface area contributed by atoms with E-state index in [0.717, 1.165) is 26.2 Å². The van der Waals surface area contributed by atoms with Crippen molar-refractivity contribution in [2.45, 2.75) is 19.5 Å². The molecule has 0 bridgehead atoms. The van der Waals surface area contributed by atoms with Crippen molar-refractivity contribution >= 4 is 21.5 Å². The largest absolute Gasteiger partial charge is 0.302 e. The van der Waals surface area contributed by atoms with E-state index in [1.807, 2.05) is 0 Å². The maximum atomic E-state index is 2.44. The lowest BCUT2D eigenvalue weighted by atomic mass is 10.0. The van der Waals surface area contributed by atoms with Crippen LogP contribution in [0.15, 0.2) is 84.9 Å². The highest BCUT2D eigenvalue weighted by molar-refractivity contribution is 5.86. The molecule has 0 unspecified atom stereocenters.